The van der Waals surface area contributed by atoms with Gasteiger partial charge in [-0.1, -0.05) is 12.1 Å². The van der Waals surface area contributed by atoms with Gasteiger partial charge >= 0.3 is 0 Å². The molecule has 0 aliphatic carbocycles. The fourth-order valence-electron chi connectivity index (χ4n) is 2.54. The number of hydrogen-bond acceptors (Lipinski definition) is 2. The topological polar surface area (TPSA) is 56.7 Å². The van der Waals surface area contributed by atoms with Crippen LogP contribution < -0.4 is 15.5 Å². The summed E-state index contributed by atoms with van der Waals surface area (Å²) in [5.74, 6) is 1.04. The monoisotopic (exact) mass is 316 g/mol. The van der Waals surface area contributed by atoms with Crippen molar-refractivity contribution in [1.82, 2.24) is 10.6 Å². The van der Waals surface area contributed by atoms with Crippen molar-refractivity contribution in [2.45, 2.75) is 52.6 Å². The predicted octanol–water partition coefficient (Wildman–Crippen LogP) is 2.67. The number of benzene rings is 1. The number of aliphatic imine (C=N–C) groups is 1. The van der Waals surface area contributed by atoms with E-state index in [1.54, 1.807) is 0 Å². The van der Waals surface area contributed by atoms with Gasteiger partial charge < -0.3 is 15.5 Å². The molecule has 1 aliphatic heterocycles. The summed E-state index contributed by atoms with van der Waals surface area (Å²) in [6, 6.07) is 8.12. The van der Waals surface area contributed by atoms with Crippen molar-refractivity contribution in [3.63, 3.8) is 0 Å². The Balaban J connectivity index is 2.01. The Kier molecular flexibility index (Phi) is 5.64. The molecule has 126 valence electrons. The molecule has 1 amide bonds. The number of nitrogens with zero attached hydrogens (tertiary/aromatic N) is 2. The molecule has 0 unspecified atom stereocenters. The fourth-order valence-corrected chi connectivity index (χ4v) is 2.54. The van der Waals surface area contributed by atoms with Gasteiger partial charge in [-0.25, -0.2) is 4.99 Å². The molecule has 1 fully saturated rings. The quantitative estimate of drug-likeness (QED) is 0.663. The Hall–Kier alpha value is -2.04. The molecule has 0 radical (unpaired) electrons. The van der Waals surface area contributed by atoms with Crippen molar-refractivity contribution in [2.24, 2.45) is 4.99 Å². The molecule has 2 rings (SSSR count). The second kappa shape index (κ2) is 7.49. The third kappa shape index (κ3) is 5.27. The third-order valence-corrected chi connectivity index (χ3v) is 3.58. The molecule has 1 aromatic carbocycles. The van der Waals surface area contributed by atoms with E-state index >= 15 is 0 Å². The molecule has 23 heavy (non-hydrogen) atoms. The van der Waals surface area contributed by atoms with Crippen LogP contribution in [-0.4, -0.2) is 30.5 Å². The summed E-state index contributed by atoms with van der Waals surface area (Å²) >= 11 is 0. The number of amides is 1. The van der Waals surface area contributed by atoms with Crippen molar-refractivity contribution >= 4 is 17.6 Å². The zero-order valence-corrected chi connectivity index (χ0v) is 14.6. The summed E-state index contributed by atoms with van der Waals surface area (Å²) in [6.07, 6.45) is 1.62. The number of rotatable bonds is 4. The van der Waals surface area contributed by atoms with E-state index in [4.69, 9.17) is 0 Å². The van der Waals surface area contributed by atoms with Crippen LogP contribution in [0.4, 0.5) is 5.69 Å². The van der Waals surface area contributed by atoms with Crippen molar-refractivity contribution in [3.05, 3.63) is 29.8 Å². The molecule has 0 aromatic heterocycles. The highest BCUT2D eigenvalue weighted by Gasteiger charge is 2.21. The van der Waals surface area contributed by atoms with E-state index in [9.17, 15) is 4.79 Å². The van der Waals surface area contributed by atoms with Crippen LogP contribution >= 0.6 is 0 Å². The van der Waals surface area contributed by atoms with Crippen LogP contribution in [0, 0.1) is 0 Å². The zero-order chi connectivity index (χ0) is 16.9. The predicted molar refractivity (Wildman–Crippen MR) is 95.7 cm³/mol. The third-order valence-electron chi connectivity index (χ3n) is 3.58. The number of carbonyl (C=O) groups is 1. The average Bonchev–Trinajstić information content (AvgIpc) is 2.90. The maximum absolute atomic E-state index is 11.8. The second-order valence-corrected chi connectivity index (χ2v) is 6.89. The molecule has 0 bridgehead atoms. The summed E-state index contributed by atoms with van der Waals surface area (Å²) in [5, 5.41) is 6.63. The number of anilines is 1. The molecule has 1 aromatic rings. The molecular formula is C18H28N4O. The molecule has 2 N–H and O–H groups in total. The first-order valence-corrected chi connectivity index (χ1v) is 8.35. The van der Waals surface area contributed by atoms with E-state index in [1.165, 1.54) is 0 Å². The second-order valence-electron chi connectivity index (χ2n) is 6.89. The lowest BCUT2D eigenvalue weighted by Crippen LogP contribution is -2.47. The SMILES string of the molecule is CCNC(=NCc1ccc(N2CCCC2=O)cc1)NC(C)(C)C. The maximum atomic E-state index is 11.8. The largest absolute Gasteiger partial charge is 0.357 e. The molecule has 5 nitrogen and oxygen atoms in total. The van der Waals surface area contributed by atoms with Crippen LogP contribution in [0.5, 0.6) is 0 Å². The van der Waals surface area contributed by atoms with Gasteiger partial charge in [-0.3, -0.25) is 4.79 Å². The number of carbonyl (C=O) groups excluding carboxylic acids is 1. The summed E-state index contributed by atoms with van der Waals surface area (Å²) < 4.78 is 0. The minimum absolute atomic E-state index is 0.0268. The van der Waals surface area contributed by atoms with Crippen LogP contribution in [0.25, 0.3) is 0 Å². The molecule has 0 atom stereocenters. The Bertz CT molecular complexity index is 557. The first-order chi connectivity index (χ1) is 10.9. The number of guanidine groups is 1. The van der Waals surface area contributed by atoms with Gasteiger partial charge in [-0.15, -0.1) is 0 Å². The van der Waals surface area contributed by atoms with E-state index in [0.717, 1.165) is 36.7 Å². The fraction of sp³-hybridized carbons (Fsp3) is 0.556. The van der Waals surface area contributed by atoms with Crippen LogP contribution in [0.3, 0.4) is 0 Å². The first-order valence-electron chi connectivity index (χ1n) is 8.35. The minimum Gasteiger partial charge on any atom is -0.357 e. The van der Waals surface area contributed by atoms with Crippen molar-refractivity contribution in [2.75, 3.05) is 18.0 Å². The highest BCUT2D eigenvalue weighted by atomic mass is 16.2. The maximum Gasteiger partial charge on any atom is 0.227 e. The highest BCUT2D eigenvalue weighted by molar-refractivity contribution is 5.95. The van der Waals surface area contributed by atoms with Gasteiger partial charge in [0.25, 0.3) is 0 Å². The van der Waals surface area contributed by atoms with Gasteiger partial charge in [0, 0.05) is 30.7 Å². The zero-order valence-electron chi connectivity index (χ0n) is 14.6. The van der Waals surface area contributed by atoms with Gasteiger partial charge in [-0.05, 0) is 51.8 Å². The average molecular weight is 316 g/mol. The summed E-state index contributed by atoms with van der Waals surface area (Å²) in [4.78, 5) is 18.3. The number of hydrogen-bond donors (Lipinski definition) is 2. The van der Waals surface area contributed by atoms with Gasteiger partial charge in [0.2, 0.25) is 5.91 Å². The van der Waals surface area contributed by atoms with Crippen molar-refractivity contribution in [1.29, 1.82) is 0 Å². The first kappa shape index (κ1) is 17.3. The lowest BCUT2D eigenvalue weighted by atomic mass is 10.1. The van der Waals surface area contributed by atoms with E-state index in [0.29, 0.717) is 13.0 Å². The Morgan fingerprint density at radius 1 is 1.26 bits per heavy atom. The molecular weight excluding hydrogens is 288 g/mol. The van der Waals surface area contributed by atoms with Crippen LogP contribution in [-0.2, 0) is 11.3 Å². The van der Waals surface area contributed by atoms with Gasteiger partial charge in [-0.2, -0.15) is 0 Å². The van der Waals surface area contributed by atoms with Gasteiger partial charge in [0.05, 0.1) is 6.54 Å². The summed E-state index contributed by atoms with van der Waals surface area (Å²) in [5.41, 5.74) is 2.09. The van der Waals surface area contributed by atoms with E-state index in [-0.39, 0.29) is 11.4 Å². The summed E-state index contributed by atoms with van der Waals surface area (Å²) in [6.45, 7) is 10.7. The van der Waals surface area contributed by atoms with Crippen LogP contribution in [0.1, 0.15) is 46.1 Å². The molecule has 5 heteroatoms. The van der Waals surface area contributed by atoms with Crippen LogP contribution in [0.15, 0.2) is 29.3 Å². The minimum atomic E-state index is -0.0268. The van der Waals surface area contributed by atoms with Crippen LogP contribution in [0.2, 0.25) is 0 Å². The van der Waals surface area contributed by atoms with Crippen molar-refractivity contribution in [3.8, 4) is 0 Å². The molecule has 1 heterocycles. The lowest BCUT2D eigenvalue weighted by molar-refractivity contribution is -0.117. The standard InChI is InChI=1S/C18H28N4O/c1-5-19-17(21-18(2,3)4)20-13-14-8-10-15(11-9-14)22-12-6-7-16(22)23/h8-11H,5-7,12-13H2,1-4H3,(H2,19,20,21). The van der Waals surface area contributed by atoms with Gasteiger partial charge in [0.15, 0.2) is 5.96 Å². The Morgan fingerprint density at radius 2 is 1.96 bits per heavy atom. The number of nitrogens with one attached hydrogen (secondary N) is 2. The van der Waals surface area contributed by atoms with E-state index in [2.05, 4.69) is 43.3 Å². The van der Waals surface area contributed by atoms with E-state index in [1.807, 2.05) is 29.2 Å². The molecule has 1 aliphatic rings. The van der Waals surface area contributed by atoms with Gasteiger partial charge in [0.1, 0.15) is 0 Å². The van der Waals surface area contributed by atoms with E-state index < -0.39 is 0 Å². The molecule has 0 spiro atoms. The normalized spacial score (nSPS) is 15.9. The smallest absolute Gasteiger partial charge is 0.227 e. The Labute approximate surface area is 139 Å². The summed E-state index contributed by atoms with van der Waals surface area (Å²) in [7, 11) is 0. The van der Waals surface area contributed by atoms with Crippen molar-refractivity contribution < 1.29 is 4.79 Å². The molecule has 1 saturated heterocycles. The highest BCUT2D eigenvalue weighted by Crippen LogP contribution is 2.21. The molecule has 0 saturated carbocycles. The lowest BCUT2D eigenvalue weighted by Gasteiger charge is -2.23. The Morgan fingerprint density at radius 3 is 2.48 bits per heavy atom.